The Kier molecular flexibility index (Phi) is 10.6. The van der Waals surface area contributed by atoms with Crippen molar-refractivity contribution < 1.29 is 9.59 Å². The lowest BCUT2D eigenvalue weighted by atomic mass is 9.91. The Hall–Kier alpha value is -4.11. The fourth-order valence-electron chi connectivity index (χ4n) is 6.59. The maximum Gasteiger partial charge on any atom is 0.253 e. The molecule has 0 spiro atoms. The number of amides is 2. The first kappa shape index (κ1) is 32.3. The Labute approximate surface area is 268 Å². The van der Waals surface area contributed by atoms with Crippen molar-refractivity contribution in [2.75, 3.05) is 68.5 Å². The quantitative estimate of drug-likeness (QED) is 0.294. The number of hydrogen-bond donors (Lipinski definition) is 3. The van der Waals surface area contributed by atoms with Gasteiger partial charge in [0.25, 0.3) is 11.8 Å². The third-order valence-electron chi connectivity index (χ3n) is 9.37. The van der Waals surface area contributed by atoms with Crippen LogP contribution in [-0.4, -0.2) is 81.1 Å². The number of hydrogen-bond acceptors (Lipinski definition) is 7. The van der Waals surface area contributed by atoms with Crippen LogP contribution in [0, 0.1) is 12.8 Å². The van der Waals surface area contributed by atoms with Crippen molar-refractivity contribution in [2.24, 2.45) is 5.92 Å². The number of likely N-dealkylation sites (N-methyl/N-ethyl adjacent to an activating group) is 1. The van der Waals surface area contributed by atoms with Crippen molar-refractivity contribution >= 4 is 29.0 Å². The lowest BCUT2D eigenvalue weighted by Crippen LogP contribution is -2.44. The zero-order chi connectivity index (χ0) is 31.9. The van der Waals surface area contributed by atoms with E-state index in [-0.39, 0.29) is 23.9 Å². The number of aromatic nitrogens is 1. The lowest BCUT2D eigenvalue weighted by molar-refractivity contribution is 0.0927. The van der Waals surface area contributed by atoms with Crippen molar-refractivity contribution in [3.63, 3.8) is 0 Å². The fourth-order valence-corrected chi connectivity index (χ4v) is 6.59. The molecule has 3 N–H and O–H groups in total. The summed E-state index contributed by atoms with van der Waals surface area (Å²) in [5.41, 5.74) is 5.51. The molecule has 0 radical (unpaired) electrons. The van der Waals surface area contributed by atoms with Gasteiger partial charge in [0.2, 0.25) is 0 Å². The van der Waals surface area contributed by atoms with Gasteiger partial charge in [-0.3, -0.25) is 9.59 Å². The normalized spacial score (nSPS) is 18.6. The first-order valence-electron chi connectivity index (χ1n) is 16.4. The highest BCUT2D eigenvalue weighted by Gasteiger charge is 2.24. The number of rotatable bonds is 10. The predicted octanol–water partition coefficient (Wildman–Crippen LogP) is 5.10. The SMILES string of the molecule is CNc1cccc(C(=O)NC(C)CC2CCCN(c3ccc(C(=O)N[C@@H](C)c4ccc(N5CCN(C)CC5)cc4)cn3)C2)c1C. The molecule has 3 heterocycles. The number of nitrogens with one attached hydrogen (secondary N) is 3. The van der Waals surface area contributed by atoms with Crippen LogP contribution >= 0.6 is 0 Å². The molecular formula is C36H49N7O2. The molecule has 0 aliphatic carbocycles. The zero-order valence-corrected chi connectivity index (χ0v) is 27.5. The van der Waals surface area contributed by atoms with Crippen LogP contribution in [0.15, 0.2) is 60.8 Å². The van der Waals surface area contributed by atoms with Crippen molar-refractivity contribution in [3.8, 4) is 0 Å². The first-order chi connectivity index (χ1) is 21.7. The predicted molar refractivity (Wildman–Crippen MR) is 183 cm³/mol. The van der Waals surface area contributed by atoms with Gasteiger partial charge in [-0.25, -0.2) is 4.98 Å². The number of piperazine rings is 1. The van der Waals surface area contributed by atoms with Gasteiger partial charge >= 0.3 is 0 Å². The van der Waals surface area contributed by atoms with E-state index in [4.69, 9.17) is 0 Å². The van der Waals surface area contributed by atoms with Crippen LogP contribution in [0.2, 0.25) is 0 Å². The van der Waals surface area contributed by atoms with Gasteiger partial charge in [-0.15, -0.1) is 0 Å². The molecule has 2 fully saturated rings. The molecule has 3 atom stereocenters. The average molecular weight is 612 g/mol. The Morgan fingerprint density at radius 3 is 2.36 bits per heavy atom. The van der Waals surface area contributed by atoms with E-state index in [9.17, 15) is 9.59 Å². The minimum atomic E-state index is -0.124. The molecular weight excluding hydrogens is 562 g/mol. The molecule has 0 bridgehead atoms. The largest absolute Gasteiger partial charge is 0.388 e. The van der Waals surface area contributed by atoms with Crippen LogP contribution in [0.3, 0.4) is 0 Å². The molecule has 9 heteroatoms. The molecule has 45 heavy (non-hydrogen) atoms. The van der Waals surface area contributed by atoms with E-state index in [1.807, 2.05) is 51.2 Å². The molecule has 2 aliphatic rings. The van der Waals surface area contributed by atoms with Gasteiger partial charge < -0.3 is 30.7 Å². The minimum absolute atomic E-state index is 0.0303. The van der Waals surface area contributed by atoms with Gasteiger partial charge in [-0.05, 0) is 101 Å². The fraction of sp³-hybridized carbons (Fsp3) is 0.472. The lowest BCUT2D eigenvalue weighted by Gasteiger charge is -2.35. The monoisotopic (exact) mass is 611 g/mol. The van der Waals surface area contributed by atoms with Crippen molar-refractivity contribution in [2.45, 2.75) is 52.1 Å². The second kappa shape index (κ2) is 14.8. The van der Waals surface area contributed by atoms with E-state index in [0.29, 0.717) is 17.0 Å². The summed E-state index contributed by atoms with van der Waals surface area (Å²) in [5.74, 6) is 1.19. The molecule has 0 saturated carbocycles. The topological polar surface area (TPSA) is 92.8 Å². The van der Waals surface area contributed by atoms with Crippen LogP contribution in [0.1, 0.15) is 71.0 Å². The number of anilines is 3. The highest BCUT2D eigenvalue weighted by atomic mass is 16.2. The second-order valence-electron chi connectivity index (χ2n) is 12.8. The molecule has 2 aromatic carbocycles. The number of benzene rings is 2. The molecule has 5 rings (SSSR count). The number of piperidine rings is 1. The summed E-state index contributed by atoms with van der Waals surface area (Å²) < 4.78 is 0. The Morgan fingerprint density at radius 1 is 0.911 bits per heavy atom. The maximum absolute atomic E-state index is 13.1. The molecule has 3 aromatic rings. The molecule has 2 saturated heterocycles. The minimum Gasteiger partial charge on any atom is -0.388 e. The van der Waals surface area contributed by atoms with Crippen molar-refractivity contribution in [1.82, 2.24) is 20.5 Å². The van der Waals surface area contributed by atoms with Gasteiger partial charge in [-0.1, -0.05) is 18.2 Å². The maximum atomic E-state index is 13.1. The number of nitrogens with zero attached hydrogens (tertiary/aromatic N) is 4. The van der Waals surface area contributed by atoms with Crippen LogP contribution in [-0.2, 0) is 0 Å². The van der Waals surface area contributed by atoms with Crippen LogP contribution in [0.4, 0.5) is 17.2 Å². The highest BCUT2D eigenvalue weighted by molar-refractivity contribution is 5.97. The summed E-state index contributed by atoms with van der Waals surface area (Å²) in [6, 6.07) is 18.1. The molecule has 2 amide bonds. The van der Waals surface area contributed by atoms with Gasteiger partial charge in [0.05, 0.1) is 11.6 Å². The first-order valence-corrected chi connectivity index (χ1v) is 16.4. The summed E-state index contributed by atoms with van der Waals surface area (Å²) in [4.78, 5) is 37.8. The van der Waals surface area contributed by atoms with Crippen LogP contribution in [0.5, 0.6) is 0 Å². The Morgan fingerprint density at radius 2 is 1.67 bits per heavy atom. The third kappa shape index (κ3) is 8.14. The molecule has 2 aliphatic heterocycles. The van der Waals surface area contributed by atoms with Gasteiger partial charge in [0, 0.05) is 75.5 Å². The highest BCUT2D eigenvalue weighted by Crippen LogP contribution is 2.26. The average Bonchev–Trinajstić information content (AvgIpc) is 3.05. The summed E-state index contributed by atoms with van der Waals surface area (Å²) in [6.07, 6.45) is 4.78. The van der Waals surface area contributed by atoms with E-state index in [2.05, 4.69) is 73.9 Å². The standard InChI is InChI=1S/C36H49N7O2/c1-25(39-36(45)32-9-6-10-33(37-4)26(32)2)22-28-8-7-17-43(24-28)34-16-13-30(23-38-34)35(44)40-27(3)29-11-14-31(15-12-29)42-20-18-41(5)19-21-42/h6,9-16,23,25,27-28,37H,7-8,17-22,24H2,1-5H3,(H,39,45)(H,40,44)/t25?,27-,28?/m0/s1. The van der Waals surface area contributed by atoms with Crippen LogP contribution in [0.25, 0.3) is 0 Å². The van der Waals surface area contributed by atoms with Gasteiger partial charge in [0.1, 0.15) is 5.82 Å². The van der Waals surface area contributed by atoms with Crippen molar-refractivity contribution in [1.29, 1.82) is 0 Å². The summed E-state index contributed by atoms with van der Waals surface area (Å²) in [7, 11) is 4.03. The number of carbonyl (C=O) groups is 2. The Bertz CT molecular complexity index is 1430. The summed E-state index contributed by atoms with van der Waals surface area (Å²) in [6.45, 7) is 12.1. The summed E-state index contributed by atoms with van der Waals surface area (Å²) >= 11 is 0. The number of pyridine rings is 1. The van der Waals surface area contributed by atoms with E-state index >= 15 is 0 Å². The third-order valence-corrected chi connectivity index (χ3v) is 9.37. The molecule has 2 unspecified atom stereocenters. The van der Waals surface area contributed by atoms with Gasteiger partial charge in [-0.2, -0.15) is 0 Å². The smallest absolute Gasteiger partial charge is 0.253 e. The van der Waals surface area contributed by atoms with Gasteiger partial charge in [0.15, 0.2) is 0 Å². The zero-order valence-electron chi connectivity index (χ0n) is 27.5. The van der Waals surface area contributed by atoms with E-state index in [0.717, 1.165) is 81.2 Å². The second-order valence-corrected chi connectivity index (χ2v) is 12.8. The number of carbonyl (C=O) groups excluding carboxylic acids is 2. The van der Waals surface area contributed by atoms with E-state index in [1.54, 1.807) is 6.20 Å². The summed E-state index contributed by atoms with van der Waals surface area (Å²) in [5, 5.41) is 9.49. The van der Waals surface area contributed by atoms with Crippen molar-refractivity contribution in [3.05, 3.63) is 83.0 Å². The Balaban J connectivity index is 1.11. The molecule has 9 nitrogen and oxygen atoms in total. The van der Waals surface area contributed by atoms with E-state index in [1.165, 1.54) is 5.69 Å². The molecule has 1 aromatic heterocycles. The van der Waals surface area contributed by atoms with E-state index < -0.39 is 0 Å². The van der Waals surface area contributed by atoms with Crippen LogP contribution < -0.4 is 25.8 Å². The molecule has 240 valence electrons.